The summed E-state index contributed by atoms with van der Waals surface area (Å²) in [5, 5.41) is 3.66. The lowest BCUT2D eigenvalue weighted by Gasteiger charge is -2.17. The van der Waals surface area contributed by atoms with Gasteiger partial charge in [-0.1, -0.05) is 6.92 Å². The number of hydrogen-bond acceptors (Lipinski definition) is 4. The Morgan fingerprint density at radius 3 is 2.64 bits per heavy atom. The molecular weight excluding hydrogens is 358 g/mol. The zero-order valence-corrected chi connectivity index (χ0v) is 17.5. The number of fused-ring (bicyclic) bond motifs is 1. The molecule has 0 bridgehead atoms. The maximum absolute atomic E-state index is 13.2. The van der Waals surface area contributed by atoms with Crippen molar-refractivity contribution in [1.29, 1.82) is 0 Å². The van der Waals surface area contributed by atoms with Gasteiger partial charge in [-0.05, 0) is 38.0 Å². The Morgan fingerprint density at radius 1 is 1.25 bits per heavy atom. The second-order valence-corrected chi connectivity index (χ2v) is 6.85. The number of aryl methyl sites for hydroxylation is 1. The van der Waals surface area contributed by atoms with E-state index in [9.17, 15) is 9.59 Å². The van der Waals surface area contributed by atoms with Gasteiger partial charge in [0.1, 0.15) is 5.75 Å². The lowest BCUT2D eigenvalue weighted by atomic mass is 10.1. The highest BCUT2D eigenvalue weighted by Gasteiger charge is 2.24. The molecular formula is C21H31N3O4. The molecule has 0 unspecified atom stereocenters. The first-order valence-corrected chi connectivity index (χ1v) is 9.62. The molecule has 2 amide bonds. The van der Waals surface area contributed by atoms with Crippen molar-refractivity contribution < 1.29 is 19.1 Å². The molecule has 0 radical (unpaired) electrons. The molecule has 7 nitrogen and oxygen atoms in total. The maximum Gasteiger partial charge on any atom is 0.256 e. The molecule has 0 spiro atoms. The van der Waals surface area contributed by atoms with Crippen LogP contribution in [0.1, 0.15) is 35.8 Å². The topological polar surface area (TPSA) is 72.8 Å². The summed E-state index contributed by atoms with van der Waals surface area (Å²) in [5.41, 5.74) is 2.53. The molecule has 0 aliphatic rings. The molecule has 0 aliphatic heterocycles. The molecule has 1 aromatic heterocycles. The van der Waals surface area contributed by atoms with Gasteiger partial charge in [-0.2, -0.15) is 0 Å². The van der Waals surface area contributed by atoms with Gasteiger partial charge >= 0.3 is 0 Å². The second kappa shape index (κ2) is 10.1. The SMILES string of the molecule is CCCn1c(C)c(C(=O)N(C)CC(=O)NCCCOC)c2cc(OC)ccc21. The van der Waals surface area contributed by atoms with E-state index in [2.05, 4.69) is 16.8 Å². The van der Waals surface area contributed by atoms with Crippen LogP contribution in [-0.2, 0) is 16.1 Å². The molecule has 2 rings (SSSR count). The number of hydrogen-bond donors (Lipinski definition) is 1. The van der Waals surface area contributed by atoms with Crippen LogP contribution in [0.2, 0.25) is 0 Å². The van der Waals surface area contributed by atoms with Crippen LogP contribution in [0.4, 0.5) is 0 Å². The fraction of sp³-hybridized carbons (Fsp3) is 0.524. The summed E-state index contributed by atoms with van der Waals surface area (Å²) >= 11 is 0. The summed E-state index contributed by atoms with van der Waals surface area (Å²) in [6.07, 6.45) is 1.70. The number of amides is 2. The Bertz CT molecular complexity index is 829. The molecule has 1 aromatic carbocycles. The quantitative estimate of drug-likeness (QED) is 0.634. The average Bonchev–Trinajstić information content (AvgIpc) is 2.95. The van der Waals surface area contributed by atoms with E-state index >= 15 is 0 Å². The van der Waals surface area contributed by atoms with E-state index in [0.29, 0.717) is 24.5 Å². The molecule has 1 N–H and O–H groups in total. The molecule has 0 atom stereocenters. The van der Waals surface area contributed by atoms with Gasteiger partial charge < -0.3 is 24.3 Å². The highest BCUT2D eigenvalue weighted by Crippen LogP contribution is 2.30. The van der Waals surface area contributed by atoms with Crippen molar-refractivity contribution in [3.8, 4) is 5.75 Å². The van der Waals surface area contributed by atoms with Gasteiger partial charge in [0.15, 0.2) is 0 Å². The smallest absolute Gasteiger partial charge is 0.256 e. The Kier molecular flexibility index (Phi) is 7.87. The van der Waals surface area contributed by atoms with Gasteiger partial charge in [0, 0.05) is 50.5 Å². The lowest BCUT2D eigenvalue weighted by Crippen LogP contribution is -2.39. The fourth-order valence-corrected chi connectivity index (χ4v) is 3.35. The van der Waals surface area contributed by atoms with E-state index in [1.807, 2.05) is 25.1 Å². The molecule has 0 aliphatic carbocycles. The van der Waals surface area contributed by atoms with Crippen molar-refractivity contribution in [2.75, 3.05) is 41.0 Å². The Hall–Kier alpha value is -2.54. The van der Waals surface area contributed by atoms with Crippen LogP contribution in [0, 0.1) is 6.92 Å². The number of likely N-dealkylation sites (N-methyl/N-ethyl adjacent to an activating group) is 1. The minimum atomic E-state index is -0.181. The monoisotopic (exact) mass is 389 g/mol. The summed E-state index contributed by atoms with van der Waals surface area (Å²) in [7, 11) is 4.89. The summed E-state index contributed by atoms with van der Waals surface area (Å²) < 4.78 is 12.5. The molecule has 154 valence electrons. The molecule has 2 aromatic rings. The number of carbonyl (C=O) groups excluding carboxylic acids is 2. The summed E-state index contributed by atoms with van der Waals surface area (Å²) in [6.45, 7) is 6.01. The number of nitrogens with zero attached hydrogens (tertiary/aromatic N) is 2. The molecule has 0 saturated carbocycles. The van der Waals surface area contributed by atoms with Gasteiger partial charge in [-0.3, -0.25) is 9.59 Å². The minimum absolute atomic E-state index is 0.00960. The van der Waals surface area contributed by atoms with E-state index in [0.717, 1.165) is 36.0 Å². The van der Waals surface area contributed by atoms with E-state index in [1.54, 1.807) is 21.3 Å². The fourth-order valence-electron chi connectivity index (χ4n) is 3.35. The zero-order valence-electron chi connectivity index (χ0n) is 17.5. The van der Waals surface area contributed by atoms with E-state index in [1.165, 1.54) is 4.90 Å². The van der Waals surface area contributed by atoms with Crippen LogP contribution in [0.3, 0.4) is 0 Å². The molecule has 1 heterocycles. The highest BCUT2D eigenvalue weighted by molar-refractivity contribution is 6.09. The van der Waals surface area contributed by atoms with Crippen LogP contribution in [0.25, 0.3) is 10.9 Å². The summed E-state index contributed by atoms with van der Waals surface area (Å²) in [6, 6.07) is 5.77. The number of carbonyl (C=O) groups is 2. The summed E-state index contributed by atoms with van der Waals surface area (Å²) in [5.74, 6) is 0.353. The molecule has 0 saturated heterocycles. The number of aromatic nitrogens is 1. The van der Waals surface area contributed by atoms with Crippen LogP contribution in [-0.4, -0.2) is 62.2 Å². The van der Waals surface area contributed by atoms with Crippen molar-refractivity contribution in [1.82, 2.24) is 14.8 Å². The van der Waals surface area contributed by atoms with Crippen molar-refractivity contribution in [3.05, 3.63) is 29.5 Å². The van der Waals surface area contributed by atoms with Gasteiger partial charge in [0.2, 0.25) is 5.91 Å². The highest BCUT2D eigenvalue weighted by atomic mass is 16.5. The summed E-state index contributed by atoms with van der Waals surface area (Å²) in [4.78, 5) is 26.8. The van der Waals surface area contributed by atoms with Gasteiger partial charge in [0.05, 0.1) is 19.2 Å². The van der Waals surface area contributed by atoms with Crippen LogP contribution < -0.4 is 10.1 Å². The third-order valence-corrected chi connectivity index (χ3v) is 4.77. The first-order chi connectivity index (χ1) is 13.4. The third kappa shape index (κ3) is 4.84. The minimum Gasteiger partial charge on any atom is -0.497 e. The van der Waals surface area contributed by atoms with Crippen molar-refractivity contribution in [3.63, 3.8) is 0 Å². The van der Waals surface area contributed by atoms with E-state index in [4.69, 9.17) is 9.47 Å². The zero-order chi connectivity index (χ0) is 20.7. The van der Waals surface area contributed by atoms with Crippen molar-refractivity contribution in [2.45, 2.75) is 33.2 Å². The number of ether oxygens (including phenoxy) is 2. The largest absolute Gasteiger partial charge is 0.497 e. The predicted octanol–water partition coefficient (Wildman–Crippen LogP) is 2.59. The van der Waals surface area contributed by atoms with Crippen LogP contribution >= 0.6 is 0 Å². The molecule has 7 heteroatoms. The first kappa shape index (κ1) is 21.8. The second-order valence-electron chi connectivity index (χ2n) is 6.85. The van der Waals surface area contributed by atoms with Gasteiger partial charge in [0.25, 0.3) is 5.91 Å². The Labute approximate surface area is 166 Å². The number of nitrogens with one attached hydrogen (secondary N) is 1. The number of rotatable bonds is 10. The number of methoxy groups -OCH3 is 2. The normalized spacial score (nSPS) is 10.9. The van der Waals surface area contributed by atoms with Gasteiger partial charge in [-0.15, -0.1) is 0 Å². The lowest BCUT2D eigenvalue weighted by molar-refractivity contribution is -0.121. The van der Waals surface area contributed by atoms with Crippen LogP contribution in [0.5, 0.6) is 5.75 Å². The van der Waals surface area contributed by atoms with Crippen molar-refractivity contribution in [2.24, 2.45) is 0 Å². The van der Waals surface area contributed by atoms with E-state index in [-0.39, 0.29) is 18.4 Å². The number of benzene rings is 1. The Morgan fingerprint density at radius 2 is 2.00 bits per heavy atom. The Balaban J connectivity index is 2.26. The van der Waals surface area contributed by atoms with Crippen LogP contribution in [0.15, 0.2) is 18.2 Å². The van der Waals surface area contributed by atoms with Gasteiger partial charge in [-0.25, -0.2) is 0 Å². The maximum atomic E-state index is 13.2. The average molecular weight is 389 g/mol. The standard InChI is InChI=1S/C21H31N3O4/c1-6-11-24-15(2)20(17-13-16(28-5)8-9-18(17)24)21(26)23(3)14-19(25)22-10-7-12-27-4/h8-9,13H,6-7,10-12,14H2,1-5H3,(H,22,25). The first-order valence-electron chi connectivity index (χ1n) is 9.62. The third-order valence-electron chi connectivity index (χ3n) is 4.77. The van der Waals surface area contributed by atoms with E-state index < -0.39 is 0 Å². The molecule has 0 fully saturated rings. The van der Waals surface area contributed by atoms with Crippen molar-refractivity contribution >= 4 is 22.7 Å². The molecule has 28 heavy (non-hydrogen) atoms. The predicted molar refractivity (Wildman–Crippen MR) is 110 cm³/mol.